The van der Waals surface area contributed by atoms with Gasteiger partial charge in [-0.2, -0.15) is 0 Å². The first kappa shape index (κ1) is 9.53. The van der Waals surface area contributed by atoms with Crippen LogP contribution in [0.2, 0.25) is 0 Å². The third kappa shape index (κ3) is 35.6. The van der Waals surface area contributed by atoms with Gasteiger partial charge in [0.15, 0.2) is 0 Å². The molecule has 0 spiro atoms. The largest absolute Gasteiger partial charge is 2.00 e. The van der Waals surface area contributed by atoms with Crippen molar-refractivity contribution in [1.82, 2.24) is 0 Å². The van der Waals surface area contributed by atoms with Crippen LogP contribution in [0.1, 0.15) is 13.8 Å². The Balaban J connectivity index is 0. The molecular weight excluding hydrogens is 140 g/mol. The third-order valence-electron chi connectivity index (χ3n) is 0. The van der Waals surface area contributed by atoms with Crippen LogP contribution in [0.15, 0.2) is 0 Å². The maximum atomic E-state index is 3.27. The Morgan fingerprint density at radius 1 is 1.40 bits per heavy atom. The fourth-order valence-electron chi connectivity index (χ4n) is 0. The van der Waals surface area contributed by atoms with Gasteiger partial charge in [0.25, 0.3) is 0 Å². The maximum absolute atomic E-state index is 3.27. The van der Waals surface area contributed by atoms with Crippen LogP contribution in [0.5, 0.6) is 0 Å². The van der Waals surface area contributed by atoms with E-state index < -0.39 is 0 Å². The van der Waals surface area contributed by atoms with Gasteiger partial charge >= 0.3 is 23.1 Å². The molecule has 0 bridgehead atoms. The Hall–Kier alpha value is 1.25. The molecule has 0 aromatic carbocycles. The van der Waals surface area contributed by atoms with Crippen molar-refractivity contribution in [3.8, 4) is 0 Å². The average molecular weight is 147 g/mol. The van der Waals surface area contributed by atoms with Crippen LogP contribution in [0, 0.1) is 0 Å². The Labute approximate surface area is 57.6 Å². The summed E-state index contributed by atoms with van der Waals surface area (Å²) in [7, 11) is 0. The minimum absolute atomic E-state index is 0. The first-order valence-electron chi connectivity index (χ1n) is 1.37. The predicted molar refractivity (Wildman–Crippen MR) is 29.8 cm³/mol. The molecule has 0 aromatic heterocycles. The molecule has 5 heavy (non-hydrogen) atoms. The van der Waals surface area contributed by atoms with E-state index in [2.05, 4.69) is 29.8 Å². The van der Waals surface area contributed by atoms with Gasteiger partial charge < -0.3 is 0 Å². The van der Waals surface area contributed by atoms with E-state index >= 15 is 0 Å². The van der Waals surface area contributed by atoms with Crippen LogP contribution in [-0.2, 0) is 0 Å². The number of rotatable bonds is 0. The van der Waals surface area contributed by atoms with Crippen molar-refractivity contribution in [2.24, 2.45) is 0 Å². The zero-order valence-corrected chi connectivity index (χ0v) is 6.66. The summed E-state index contributed by atoms with van der Waals surface area (Å²) in [6.45, 7) is 4.17. The SMILES string of the molecule is CC(C)Br.[Mg+2]. The van der Waals surface area contributed by atoms with E-state index in [1.54, 1.807) is 0 Å². The normalized spacial score (nSPS) is 7.20. The standard InChI is InChI=1S/C3H7Br.Mg/c1-3(2)4;/h3H,1-2H3;/q;+2. The maximum Gasteiger partial charge on any atom is 2.00 e. The molecule has 0 aliphatic rings. The molecule has 26 valence electrons. The van der Waals surface area contributed by atoms with Gasteiger partial charge in [-0.25, -0.2) is 0 Å². The van der Waals surface area contributed by atoms with Gasteiger partial charge in [-0.05, 0) is 0 Å². The minimum atomic E-state index is 0. The zero-order valence-electron chi connectivity index (χ0n) is 3.66. The topological polar surface area (TPSA) is 0 Å². The molecule has 0 radical (unpaired) electrons. The molecule has 0 unspecified atom stereocenters. The number of alkyl halides is 1. The van der Waals surface area contributed by atoms with E-state index in [-0.39, 0.29) is 23.1 Å². The molecule has 0 N–H and O–H groups in total. The molecule has 0 rings (SSSR count). The molecule has 0 atom stereocenters. The van der Waals surface area contributed by atoms with E-state index in [9.17, 15) is 0 Å². The van der Waals surface area contributed by atoms with E-state index in [1.165, 1.54) is 0 Å². The summed E-state index contributed by atoms with van der Waals surface area (Å²) in [5, 5.41) is 0. The summed E-state index contributed by atoms with van der Waals surface area (Å²) in [4.78, 5) is 0.646. The smallest absolute Gasteiger partial charge is 0.0897 e. The van der Waals surface area contributed by atoms with Crippen LogP contribution in [-0.4, -0.2) is 27.9 Å². The quantitative estimate of drug-likeness (QED) is 0.359. The van der Waals surface area contributed by atoms with Crippen molar-refractivity contribution in [1.29, 1.82) is 0 Å². The second-order valence-electron chi connectivity index (χ2n) is 1.01. The molecule has 0 heterocycles. The molecule has 0 amide bonds. The number of hydrogen-bond donors (Lipinski definition) is 0. The van der Waals surface area contributed by atoms with Gasteiger partial charge in [-0.15, -0.1) is 0 Å². The van der Waals surface area contributed by atoms with E-state index in [0.29, 0.717) is 4.83 Å². The minimum Gasteiger partial charge on any atom is -0.0897 e. The van der Waals surface area contributed by atoms with Crippen molar-refractivity contribution in [2.75, 3.05) is 0 Å². The fourth-order valence-corrected chi connectivity index (χ4v) is 0. The monoisotopic (exact) mass is 146 g/mol. The van der Waals surface area contributed by atoms with Gasteiger partial charge in [0.1, 0.15) is 0 Å². The second kappa shape index (κ2) is 5.25. The van der Waals surface area contributed by atoms with Crippen molar-refractivity contribution in [2.45, 2.75) is 18.7 Å². The molecular formula is C3H7BrMg+2. The summed E-state index contributed by atoms with van der Waals surface area (Å²) in [6.07, 6.45) is 0. The van der Waals surface area contributed by atoms with Gasteiger partial charge in [-0.3, -0.25) is 0 Å². The zero-order chi connectivity index (χ0) is 3.58. The number of hydrogen-bond acceptors (Lipinski definition) is 0. The molecule has 0 aliphatic heterocycles. The second-order valence-corrected chi connectivity index (χ2v) is 2.85. The molecule has 0 aromatic rings. The van der Waals surface area contributed by atoms with Crippen LogP contribution < -0.4 is 0 Å². The van der Waals surface area contributed by atoms with E-state index in [1.807, 2.05) is 0 Å². The van der Waals surface area contributed by atoms with Crippen molar-refractivity contribution in [3.63, 3.8) is 0 Å². The van der Waals surface area contributed by atoms with Crippen LogP contribution in [0.25, 0.3) is 0 Å². The van der Waals surface area contributed by atoms with Crippen molar-refractivity contribution in [3.05, 3.63) is 0 Å². The molecule has 0 nitrogen and oxygen atoms in total. The third-order valence-corrected chi connectivity index (χ3v) is 0. The molecule has 0 saturated carbocycles. The molecule has 0 fully saturated rings. The van der Waals surface area contributed by atoms with Crippen molar-refractivity contribution >= 4 is 39.0 Å². The summed E-state index contributed by atoms with van der Waals surface area (Å²) < 4.78 is 0. The van der Waals surface area contributed by atoms with Gasteiger partial charge in [0.05, 0.1) is 0 Å². The Kier molecular flexibility index (Phi) is 10.0. The average Bonchev–Trinajstić information content (AvgIpc) is 0.811. The van der Waals surface area contributed by atoms with Crippen LogP contribution in [0.3, 0.4) is 0 Å². The van der Waals surface area contributed by atoms with E-state index in [4.69, 9.17) is 0 Å². The molecule has 0 aliphatic carbocycles. The number of halogens is 1. The van der Waals surface area contributed by atoms with Gasteiger partial charge in [-0.1, -0.05) is 29.8 Å². The van der Waals surface area contributed by atoms with Gasteiger partial charge in [0, 0.05) is 4.83 Å². The summed E-state index contributed by atoms with van der Waals surface area (Å²) in [6, 6.07) is 0. The van der Waals surface area contributed by atoms with E-state index in [0.717, 1.165) is 0 Å². The fraction of sp³-hybridized carbons (Fsp3) is 1.00. The first-order chi connectivity index (χ1) is 1.73. The predicted octanol–water partition coefficient (Wildman–Crippen LogP) is 1.41. The Morgan fingerprint density at radius 2 is 1.40 bits per heavy atom. The summed E-state index contributed by atoms with van der Waals surface area (Å²) in [5.74, 6) is 0. The molecule has 0 saturated heterocycles. The van der Waals surface area contributed by atoms with Gasteiger partial charge in [0.2, 0.25) is 0 Å². The Bertz CT molecular complexity index is 11.6. The van der Waals surface area contributed by atoms with Crippen LogP contribution in [0.4, 0.5) is 0 Å². The summed E-state index contributed by atoms with van der Waals surface area (Å²) in [5.41, 5.74) is 0. The van der Waals surface area contributed by atoms with Crippen LogP contribution >= 0.6 is 15.9 Å². The molecule has 2 heteroatoms. The Morgan fingerprint density at radius 3 is 1.40 bits per heavy atom. The summed E-state index contributed by atoms with van der Waals surface area (Å²) >= 11 is 3.27. The first-order valence-corrected chi connectivity index (χ1v) is 2.29. The van der Waals surface area contributed by atoms with Crippen molar-refractivity contribution < 1.29 is 0 Å².